The highest BCUT2D eigenvalue weighted by atomic mass is 16.3. The Morgan fingerprint density at radius 2 is 1.89 bits per heavy atom. The standard InChI is InChI=1S/C16H31NO/c1-13(2)15-6-9-17(10-15)11-16(12-18)7-4-14(3)5-8-16/h13-15,18H,4-12H2,1-3H3. The summed E-state index contributed by atoms with van der Waals surface area (Å²) in [6.45, 7) is 11.1. The van der Waals surface area contributed by atoms with Crippen LogP contribution in [0.2, 0.25) is 0 Å². The lowest BCUT2D eigenvalue weighted by Crippen LogP contribution is -2.41. The summed E-state index contributed by atoms with van der Waals surface area (Å²) in [5, 5.41) is 9.84. The van der Waals surface area contributed by atoms with Gasteiger partial charge in [-0.05, 0) is 43.6 Å². The molecule has 1 aliphatic heterocycles. The molecule has 0 aromatic heterocycles. The highest BCUT2D eigenvalue weighted by molar-refractivity contribution is 4.89. The van der Waals surface area contributed by atoms with E-state index in [0.717, 1.165) is 24.3 Å². The van der Waals surface area contributed by atoms with Gasteiger partial charge in [-0.25, -0.2) is 0 Å². The maximum Gasteiger partial charge on any atom is 0.0499 e. The lowest BCUT2D eigenvalue weighted by molar-refractivity contribution is 0.0345. The van der Waals surface area contributed by atoms with E-state index in [9.17, 15) is 5.11 Å². The summed E-state index contributed by atoms with van der Waals surface area (Å²) < 4.78 is 0. The Balaban J connectivity index is 1.87. The van der Waals surface area contributed by atoms with E-state index in [2.05, 4.69) is 25.7 Å². The number of nitrogens with zero attached hydrogens (tertiary/aromatic N) is 1. The largest absolute Gasteiger partial charge is 0.396 e. The van der Waals surface area contributed by atoms with E-state index in [1.165, 1.54) is 45.2 Å². The molecule has 2 heteroatoms. The zero-order valence-electron chi connectivity index (χ0n) is 12.5. The van der Waals surface area contributed by atoms with Crippen molar-refractivity contribution in [2.24, 2.45) is 23.2 Å². The molecule has 106 valence electrons. The van der Waals surface area contributed by atoms with Crippen molar-refractivity contribution in [3.8, 4) is 0 Å². The fraction of sp³-hybridized carbons (Fsp3) is 1.00. The lowest BCUT2D eigenvalue weighted by atomic mass is 9.71. The monoisotopic (exact) mass is 253 g/mol. The fourth-order valence-corrected chi connectivity index (χ4v) is 3.77. The van der Waals surface area contributed by atoms with Crippen LogP contribution in [0.25, 0.3) is 0 Å². The zero-order valence-corrected chi connectivity index (χ0v) is 12.5. The van der Waals surface area contributed by atoms with Crippen molar-refractivity contribution in [1.29, 1.82) is 0 Å². The average molecular weight is 253 g/mol. The van der Waals surface area contributed by atoms with Crippen LogP contribution < -0.4 is 0 Å². The van der Waals surface area contributed by atoms with Gasteiger partial charge in [0.1, 0.15) is 0 Å². The van der Waals surface area contributed by atoms with Gasteiger partial charge in [-0.1, -0.05) is 33.6 Å². The molecular weight excluding hydrogens is 222 g/mol. The molecule has 0 bridgehead atoms. The van der Waals surface area contributed by atoms with E-state index in [1.54, 1.807) is 0 Å². The van der Waals surface area contributed by atoms with E-state index in [4.69, 9.17) is 0 Å². The van der Waals surface area contributed by atoms with Crippen molar-refractivity contribution in [2.75, 3.05) is 26.2 Å². The molecule has 18 heavy (non-hydrogen) atoms. The molecule has 1 N–H and O–H groups in total. The molecule has 1 atom stereocenters. The molecule has 2 rings (SSSR count). The van der Waals surface area contributed by atoms with Gasteiger partial charge >= 0.3 is 0 Å². The van der Waals surface area contributed by atoms with Crippen molar-refractivity contribution >= 4 is 0 Å². The normalized spacial score (nSPS) is 38.5. The average Bonchev–Trinajstić information content (AvgIpc) is 2.81. The molecule has 2 fully saturated rings. The second-order valence-corrected chi connectivity index (χ2v) is 7.37. The first-order valence-corrected chi connectivity index (χ1v) is 7.88. The van der Waals surface area contributed by atoms with Crippen LogP contribution in [-0.4, -0.2) is 36.2 Å². The quantitative estimate of drug-likeness (QED) is 0.832. The van der Waals surface area contributed by atoms with Gasteiger partial charge in [-0.2, -0.15) is 0 Å². The number of aliphatic hydroxyl groups is 1. The van der Waals surface area contributed by atoms with Gasteiger partial charge in [0.2, 0.25) is 0 Å². The first-order chi connectivity index (χ1) is 8.54. The molecule has 1 heterocycles. The second kappa shape index (κ2) is 5.92. The molecule has 0 radical (unpaired) electrons. The SMILES string of the molecule is CC1CCC(CO)(CN2CCC(C(C)C)C2)CC1. The Kier molecular flexibility index (Phi) is 4.71. The maximum atomic E-state index is 9.84. The van der Waals surface area contributed by atoms with Crippen LogP contribution in [0.5, 0.6) is 0 Å². The molecule has 1 saturated heterocycles. The van der Waals surface area contributed by atoms with Crippen LogP contribution in [0, 0.1) is 23.2 Å². The fourth-order valence-electron chi connectivity index (χ4n) is 3.77. The predicted molar refractivity (Wildman–Crippen MR) is 76.5 cm³/mol. The summed E-state index contributed by atoms with van der Waals surface area (Å²) in [6, 6.07) is 0. The maximum absolute atomic E-state index is 9.84. The lowest BCUT2D eigenvalue weighted by Gasteiger charge is -2.40. The summed E-state index contributed by atoms with van der Waals surface area (Å²) in [7, 11) is 0. The van der Waals surface area contributed by atoms with Gasteiger partial charge in [0.15, 0.2) is 0 Å². The van der Waals surface area contributed by atoms with Crippen LogP contribution in [0.3, 0.4) is 0 Å². The molecule has 0 spiro atoms. The molecule has 2 aliphatic rings. The van der Waals surface area contributed by atoms with Crippen molar-refractivity contribution in [2.45, 2.75) is 52.9 Å². The van der Waals surface area contributed by atoms with Crippen LogP contribution in [0.15, 0.2) is 0 Å². The third kappa shape index (κ3) is 3.27. The predicted octanol–water partition coefficient (Wildman–Crippen LogP) is 3.15. The number of hydrogen-bond acceptors (Lipinski definition) is 2. The molecule has 1 unspecified atom stereocenters. The van der Waals surface area contributed by atoms with E-state index in [0.29, 0.717) is 6.61 Å². The van der Waals surface area contributed by atoms with Gasteiger partial charge in [-0.15, -0.1) is 0 Å². The van der Waals surface area contributed by atoms with Crippen molar-refractivity contribution < 1.29 is 5.11 Å². The van der Waals surface area contributed by atoms with Gasteiger partial charge in [-0.3, -0.25) is 0 Å². The Bertz CT molecular complexity index is 256. The summed E-state index contributed by atoms with van der Waals surface area (Å²) in [5.74, 6) is 2.56. The minimum atomic E-state index is 0.221. The van der Waals surface area contributed by atoms with Gasteiger partial charge in [0.25, 0.3) is 0 Å². The number of aliphatic hydroxyl groups excluding tert-OH is 1. The topological polar surface area (TPSA) is 23.5 Å². The van der Waals surface area contributed by atoms with E-state index in [-0.39, 0.29) is 5.41 Å². The summed E-state index contributed by atoms with van der Waals surface area (Å²) in [5.41, 5.74) is 0.221. The van der Waals surface area contributed by atoms with Crippen LogP contribution in [0.4, 0.5) is 0 Å². The second-order valence-electron chi connectivity index (χ2n) is 7.37. The summed E-state index contributed by atoms with van der Waals surface area (Å²) >= 11 is 0. The Hall–Kier alpha value is -0.0800. The Labute approximate surface area is 113 Å². The van der Waals surface area contributed by atoms with Crippen molar-refractivity contribution in [1.82, 2.24) is 4.90 Å². The van der Waals surface area contributed by atoms with E-state index in [1.807, 2.05) is 0 Å². The Morgan fingerprint density at radius 1 is 1.22 bits per heavy atom. The van der Waals surface area contributed by atoms with Crippen LogP contribution >= 0.6 is 0 Å². The van der Waals surface area contributed by atoms with Crippen LogP contribution in [-0.2, 0) is 0 Å². The first kappa shape index (κ1) is 14.3. The Morgan fingerprint density at radius 3 is 2.39 bits per heavy atom. The van der Waals surface area contributed by atoms with Crippen molar-refractivity contribution in [3.05, 3.63) is 0 Å². The molecule has 1 saturated carbocycles. The van der Waals surface area contributed by atoms with Gasteiger partial charge in [0, 0.05) is 25.1 Å². The number of rotatable bonds is 4. The number of likely N-dealkylation sites (tertiary alicyclic amines) is 1. The first-order valence-electron chi connectivity index (χ1n) is 7.88. The van der Waals surface area contributed by atoms with E-state index < -0.39 is 0 Å². The third-order valence-electron chi connectivity index (χ3n) is 5.48. The van der Waals surface area contributed by atoms with Crippen LogP contribution in [0.1, 0.15) is 52.9 Å². The molecule has 1 aliphatic carbocycles. The van der Waals surface area contributed by atoms with Crippen molar-refractivity contribution in [3.63, 3.8) is 0 Å². The molecule has 0 amide bonds. The minimum absolute atomic E-state index is 0.221. The number of hydrogen-bond donors (Lipinski definition) is 1. The smallest absolute Gasteiger partial charge is 0.0499 e. The molecule has 0 aromatic carbocycles. The molecular formula is C16H31NO. The summed E-state index contributed by atoms with van der Waals surface area (Å²) in [6.07, 6.45) is 6.43. The minimum Gasteiger partial charge on any atom is -0.396 e. The molecule has 2 nitrogen and oxygen atoms in total. The van der Waals surface area contributed by atoms with Gasteiger partial charge in [0.05, 0.1) is 0 Å². The third-order valence-corrected chi connectivity index (χ3v) is 5.48. The van der Waals surface area contributed by atoms with E-state index >= 15 is 0 Å². The highest BCUT2D eigenvalue weighted by Crippen LogP contribution is 2.40. The molecule has 0 aromatic rings. The van der Waals surface area contributed by atoms with Gasteiger partial charge < -0.3 is 10.0 Å². The zero-order chi connectivity index (χ0) is 13.2. The summed E-state index contributed by atoms with van der Waals surface area (Å²) in [4.78, 5) is 2.62. The highest BCUT2D eigenvalue weighted by Gasteiger charge is 2.37.